The topological polar surface area (TPSA) is 78.9 Å². The van der Waals surface area contributed by atoms with Gasteiger partial charge < -0.3 is 14.2 Å². The first kappa shape index (κ1) is 48.4. The molecule has 0 aromatic heterocycles. The smallest absolute Gasteiger partial charge is 0.306 e. The van der Waals surface area contributed by atoms with Gasteiger partial charge >= 0.3 is 17.9 Å². The summed E-state index contributed by atoms with van der Waals surface area (Å²) in [6, 6.07) is 0. The molecule has 6 heteroatoms. The highest BCUT2D eigenvalue weighted by atomic mass is 16.6. The van der Waals surface area contributed by atoms with Crippen molar-refractivity contribution < 1.29 is 28.6 Å². The van der Waals surface area contributed by atoms with Crippen LogP contribution in [-0.2, 0) is 28.6 Å². The fourth-order valence-corrected chi connectivity index (χ4v) is 6.45. The Balaban J connectivity index is 4.11. The summed E-state index contributed by atoms with van der Waals surface area (Å²) in [6.45, 7) is 8.91. The standard InChI is InChI=1S/C44H84O6/c1-5-7-9-11-12-13-21-24-28-31-35-42(45)48-38-41(50-44(47)37-33-26-10-8-6-2)39-49-43(46)36-32-29-25-22-19-17-15-14-16-18-20-23-27-30-34-40(3)4/h40-41H,5-39H2,1-4H3/t41-/m0/s1. The third kappa shape index (κ3) is 37.7. The summed E-state index contributed by atoms with van der Waals surface area (Å²) in [5.41, 5.74) is 0. The molecule has 0 spiro atoms. The van der Waals surface area contributed by atoms with Crippen molar-refractivity contribution in [1.29, 1.82) is 0 Å². The number of hydrogen-bond donors (Lipinski definition) is 0. The van der Waals surface area contributed by atoms with Crippen molar-refractivity contribution in [2.45, 2.75) is 246 Å². The maximum absolute atomic E-state index is 12.5. The van der Waals surface area contributed by atoms with E-state index in [1.165, 1.54) is 128 Å². The molecular weight excluding hydrogens is 624 g/mol. The van der Waals surface area contributed by atoms with Crippen molar-refractivity contribution in [2.24, 2.45) is 5.92 Å². The molecule has 0 heterocycles. The fraction of sp³-hybridized carbons (Fsp3) is 0.932. The molecule has 6 nitrogen and oxygen atoms in total. The maximum Gasteiger partial charge on any atom is 0.306 e. The van der Waals surface area contributed by atoms with Crippen LogP contribution in [0.25, 0.3) is 0 Å². The van der Waals surface area contributed by atoms with Crippen LogP contribution >= 0.6 is 0 Å². The molecule has 0 N–H and O–H groups in total. The number of hydrogen-bond acceptors (Lipinski definition) is 6. The number of carbonyl (C=O) groups excluding carboxylic acids is 3. The summed E-state index contributed by atoms with van der Waals surface area (Å²) >= 11 is 0. The predicted molar refractivity (Wildman–Crippen MR) is 210 cm³/mol. The van der Waals surface area contributed by atoms with E-state index in [0.717, 1.165) is 70.1 Å². The van der Waals surface area contributed by atoms with Crippen LogP contribution in [0.15, 0.2) is 0 Å². The number of rotatable bonds is 39. The van der Waals surface area contributed by atoms with Crippen LogP contribution in [0.4, 0.5) is 0 Å². The summed E-state index contributed by atoms with van der Waals surface area (Å²) < 4.78 is 16.6. The second-order valence-electron chi connectivity index (χ2n) is 15.5. The van der Waals surface area contributed by atoms with Crippen LogP contribution < -0.4 is 0 Å². The first-order valence-electron chi connectivity index (χ1n) is 21.9. The van der Waals surface area contributed by atoms with Crippen LogP contribution in [-0.4, -0.2) is 37.2 Å². The van der Waals surface area contributed by atoms with Crippen LogP contribution in [0.1, 0.15) is 240 Å². The van der Waals surface area contributed by atoms with Crippen LogP contribution in [0, 0.1) is 5.92 Å². The summed E-state index contributed by atoms with van der Waals surface area (Å²) in [4.78, 5) is 37.3. The van der Waals surface area contributed by atoms with Crippen molar-refractivity contribution in [3.8, 4) is 0 Å². The minimum Gasteiger partial charge on any atom is -0.462 e. The molecule has 0 bridgehead atoms. The van der Waals surface area contributed by atoms with E-state index in [-0.39, 0.29) is 31.1 Å². The molecule has 0 aliphatic heterocycles. The molecule has 0 radical (unpaired) electrons. The lowest BCUT2D eigenvalue weighted by atomic mass is 10.0. The van der Waals surface area contributed by atoms with E-state index in [1.54, 1.807) is 0 Å². The second kappa shape index (κ2) is 38.6. The second-order valence-corrected chi connectivity index (χ2v) is 15.5. The van der Waals surface area contributed by atoms with Gasteiger partial charge in [0.2, 0.25) is 0 Å². The monoisotopic (exact) mass is 709 g/mol. The lowest BCUT2D eigenvalue weighted by Crippen LogP contribution is -2.30. The summed E-state index contributed by atoms with van der Waals surface area (Å²) in [5.74, 6) is -0.0277. The number of carbonyl (C=O) groups is 3. The molecule has 0 aliphatic carbocycles. The molecule has 296 valence electrons. The summed E-state index contributed by atoms with van der Waals surface area (Å²) in [7, 11) is 0. The van der Waals surface area contributed by atoms with Gasteiger partial charge in [0.25, 0.3) is 0 Å². The SMILES string of the molecule is CCCCCCCCCCCCC(=O)OC[C@@H](COC(=O)CCCCCCCCCCCCCCCCC(C)C)OC(=O)CCCCCCC. The Bertz CT molecular complexity index is 751. The normalized spacial score (nSPS) is 11.9. The molecule has 1 atom stereocenters. The van der Waals surface area contributed by atoms with E-state index in [0.29, 0.717) is 19.3 Å². The molecule has 0 saturated heterocycles. The molecule has 50 heavy (non-hydrogen) atoms. The average Bonchev–Trinajstić information content (AvgIpc) is 3.09. The van der Waals surface area contributed by atoms with Gasteiger partial charge in [0, 0.05) is 19.3 Å². The Morgan fingerprint density at radius 2 is 0.660 bits per heavy atom. The molecule has 0 aliphatic rings. The Morgan fingerprint density at radius 3 is 0.980 bits per heavy atom. The summed E-state index contributed by atoms with van der Waals surface area (Å²) in [5, 5.41) is 0. The van der Waals surface area contributed by atoms with E-state index < -0.39 is 6.10 Å². The predicted octanol–water partition coefficient (Wildman–Crippen LogP) is 13.6. The van der Waals surface area contributed by atoms with Gasteiger partial charge in [-0.05, 0) is 25.2 Å². The van der Waals surface area contributed by atoms with Gasteiger partial charge in [0.1, 0.15) is 13.2 Å². The number of ether oxygens (including phenoxy) is 3. The van der Waals surface area contributed by atoms with Gasteiger partial charge in [-0.25, -0.2) is 0 Å². The van der Waals surface area contributed by atoms with E-state index >= 15 is 0 Å². The highest BCUT2D eigenvalue weighted by Crippen LogP contribution is 2.16. The Labute approximate surface area is 310 Å². The van der Waals surface area contributed by atoms with Gasteiger partial charge in [0.05, 0.1) is 0 Å². The molecule has 0 aromatic rings. The quantitative estimate of drug-likeness (QED) is 0.0359. The van der Waals surface area contributed by atoms with Crippen LogP contribution in [0.2, 0.25) is 0 Å². The van der Waals surface area contributed by atoms with Gasteiger partial charge in [-0.15, -0.1) is 0 Å². The van der Waals surface area contributed by atoms with E-state index in [2.05, 4.69) is 27.7 Å². The zero-order valence-electron chi connectivity index (χ0n) is 33.9. The molecule has 0 aromatic carbocycles. The Kier molecular flexibility index (Phi) is 37.4. The minimum absolute atomic E-state index is 0.0654. The van der Waals surface area contributed by atoms with E-state index in [1.807, 2.05) is 0 Å². The Hall–Kier alpha value is -1.59. The average molecular weight is 709 g/mol. The maximum atomic E-state index is 12.5. The third-order valence-electron chi connectivity index (χ3n) is 9.79. The van der Waals surface area contributed by atoms with E-state index in [9.17, 15) is 14.4 Å². The number of esters is 3. The van der Waals surface area contributed by atoms with Gasteiger partial charge in [-0.3, -0.25) is 14.4 Å². The molecule has 0 amide bonds. The van der Waals surface area contributed by atoms with Crippen LogP contribution in [0.3, 0.4) is 0 Å². The largest absolute Gasteiger partial charge is 0.462 e. The van der Waals surface area contributed by atoms with Crippen molar-refractivity contribution in [3.63, 3.8) is 0 Å². The van der Waals surface area contributed by atoms with Crippen molar-refractivity contribution >= 4 is 17.9 Å². The van der Waals surface area contributed by atoms with Crippen molar-refractivity contribution in [3.05, 3.63) is 0 Å². The van der Waals surface area contributed by atoms with Gasteiger partial charge in [-0.2, -0.15) is 0 Å². The molecule has 0 rings (SSSR count). The lowest BCUT2D eigenvalue weighted by molar-refractivity contribution is -0.167. The number of unbranched alkanes of at least 4 members (excludes halogenated alkanes) is 26. The molecule has 0 saturated carbocycles. The summed E-state index contributed by atoms with van der Waals surface area (Å²) in [6.07, 6.45) is 36.9. The highest BCUT2D eigenvalue weighted by Gasteiger charge is 2.19. The lowest BCUT2D eigenvalue weighted by Gasteiger charge is -2.18. The zero-order chi connectivity index (χ0) is 36.8. The molecule has 0 fully saturated rings. The van der Waals surface area contributed by atoms with E-state index in [4.69, 9.17) is 14.2 Å². The molecular formula is C44H84O6. The Morgan fingerprint density at radius 1 is 0.380 bits per heavy atom. The minimum atomic E-state index is -0.756. The van der Waals surface area contributed by atoms with Crippen molar-refractivity contribution in [2.75, 3.05) is 13.2 Å². The van der Waals surface area contributed by atoms with Crippen LogP contribution in [0.5, 0.6) is 0 Å². The first-order chi connectivity index (χ1) is 24.4. The van der Waals surface area contributed by atoms with Gasteiger partial charge in [0.15, 0.2) is 6.10 Å². The highest BCUT2D eigenvalue weighted by molar-refractivity contribution is 5.71. The first-order valence-corrected chi connectivity index (χ1v) is 21.9. The third-order valence-corrected chi connectivity index (χ3v) is 9.79. The molecule has 0 unspecified atom stereocenters. The van der Waals surface area contributed by atoms with Crippen molar-refractivity contribution in [1.82, 2.24) is 0 Å². The fourth-order valence-electron chi connectivity index (χ4n) is 6.45. The zero-order valence-corrected chi connectivity index (χ0v) is 33.9. The van der Waals surface area contributed by atoms with Gasteiger partial charge in [-0.1, -0.05) is 201 Å².